The van der Waals surface area contributed by atoms with Crippen molar-refractivity contribution in [2.45, 2.75) is 43.4 Å². The van der Waals surface area contributed by atoms with Crippen molar-refractivity contribution in [3.8, 4) is 5.75 Å². The highest BCUT2D eigenvalue weighted by molar-refractivity contribution is 5.95. The summed E-state index contributed by atoms with van der Waals surface area (Å²) in [4.78, 5) is 22.8. The number of nitrogens with one attached hydrogen (secondary N) is 1. The van der Waals surface area contributed by atoms with Crippen molar-refractivity contribution < 1.29 is 14.0 Å². The molecule has 5 aromatic rings. The summed E-state index contributed by atoms with van der Waals surface area (Å²) in [5.41, 5.74) is 2.67. The third-order valence-corrected chi connectivity index (χ3v) is 10.2. The Balaban J connectivity index is 1.23. The van der Waals surface area contributed by atoms with Gasteiger partial charge in [0.15, 0.2) is 17.0 Å². The van der Waals surface area contributed by atoms with Gasteiger partial charge in [0.1, 0.15) is 5.69 Å². The Bertz CT molecular complexity index is 1900. The normalized spacial score (nSPS) is 19.5. The average Bonchev–Trinajstić information content (AvgIpc) is 3.89. The predicted molar refractivity (Wildman–Crippen MR) is 188 cm³/mol. The van der Waals surface area contributed by atoms with E-state index in [-0.39, 0.29) is 16.9 Å². The molecule has 2 atom stereocenters. The van der Waals surface area contributed by atoms with Crippen LogP contribution >= 0.6 is 0 Å². The minimum Gasteiger partial charge on any atom is -0.492 e. The zero-order chi connectivity index (χ0) is 32.7. The maximum absolute atomic E-state index is 16.2. The fourth-order valence-electron chi connectivity index (χ4n) is 7.75. The molecular formula is C40H39FN4O3. The molecule has 2 unspecified atom stereocenters. The minimum absolute atomic E-state index is 0.188. The molecule has 1 saturated carbocycles. The number of rotatable bonds is 9. The highest BCUT2D eigenvalue weighted by atomic mass is 19.1. The molecule has 0 bridgehead atoms. The molecule has 4 aromatic carbocycles. The number of oxime groups is 1. The Morgan fingerprint density at radius 2 is 1.52 bits per heavy atom. The van der Waals surface area contributed by atoms with Gasteiger partial charge in [-0.1, -0.05) is 96.2 Å². The molecule has 0 radical (unpaired) electrons. The summed E-state index contributed by atoms with van der Waals surface area (Å²) in [6.07, 6.45) is 7.50. The summed E-state index contributed by atoms with van der Waals surface area (Å²) in [6, 6.07) is 31.8. The van der Waals surface area contributed by atoms with E-state index >= 15 is 4.39 Å². The minimum atomic E-state index is -1.08. The van der Waals surface area contributed by atoms with Gasteiger partial charge in [0.25, 0.3) is 0 Å². The van der Waals surface area contributed by atoms with Crippen molar-refractivity contribution in [2.75, 3.05) is 31.6 Å². The van der Waals surface area contributed by atoms with Crippen molar-refractivity contribution in [2.24, 2.45) is 11.1 Å². The van der Waals surface area contributed by atoms with Crippen LogP contribution in [0.3, 0.4) is 0 Å². The van der Waals surface area contributed by atoms with Crippen LogP contribution in [0.25, 0.3) is 10.9 Å². The van der Waals surface area contributed by atoms with Crippen molar-refractivity contribution >= 4 is 22.8 Å². The summed E-state index contributed by atoms with van der Waals surface area (Å²) in [7, 11) is 1.57. The fraction of sp³-hybridized carbons (Fsp3) is 0.300. The van der Waals surface area contributed by atoms with E-state index in [4.69, 9.17) is 9.57 Å². The standard InChI is InChI=1S/C40H39FN4O3/c1-47-39-36-33(22-34(41)37(39)44-24-27-12-11-21-42-35(27)26-44)38(46)28(25-45(36)32-19-20-32)23-43-48-40(29-13-5-2-6-14-29,30-15-7-3-8-16-30)31-17-9-4-10-18-31/h2-10,13-18,22-23,25,27,32,35,42H,11-12,19-21,24,26H2,1H3. The van der Waals surface area contributed by atoms with E-state index in [2.05, 4.69) is 19.9 Å². The largest absolute Gasteiger partial charge is 0.492 e. The number of pyridine rings is 1. The third kappa shape index (κ3) is 5.24. The van der Waals surface area contributed by atoms with Crippen LogP contribution in [0.5, 0.6) is 5.75 Å². The van der Waals surface area contributed by atoms with Gasteiger partial charge < -0.3 is 24.4 Å². The molecule has 0 amide bonds. The summed E-state index contributed by atoms with van der Waals surface area (Å²) < 4.78 is 24.2. The second-order valence-corrected chi connectivity index (χ2v) is 13.2. The smallest absolute Gasteiger partial charge is 0.212 e. The average molecular weight is 643 g/mol. The molecule has 8 rings (SSSR count). The van der Waals surface area contributed by atoms with Crippen molar-refractivity contribution in [1.82, 2.24) is 9.88 Å². The van der Waals surface area contributed by atoms with E-state index in [0.717, 1.165) is 55.5 Å². The lowest BCUT2D eigenvalue weighted by Crippen LogP contribution is -2.40. The van der Waals surface area contributed by atoms with Gasteiger partial charge in [0, 0.05) is 48.1 Å². The van der Waals surface area contributed by atoms with Gasteiger partial charge in [-0.2, -0.15) is 0 Å². The van der Waals surface area contributed by atoms with Crippen LogP contribution in [-0.2, 0) is 10.4 Å². The van der Waals surface area contributed by atoms with Crippen molar-refractivity contribution in [3.63, 3.8) is 0 Å². The Labute approximate surface area is 279 Å². The second kappa shape index (κ2) is 12.6. The van der Waals surface area contributed by atoms with E-state index < -0.39 is 11.4 Å². The number of halogens is 1. The topological polar surface area (TPSA) is 68.1 Å². The molecule has 1 aliphatic carbocycles. The van der Waals surface area contributed by atoms with Gasteiger partial charge in [-0.3, -0.25) is 4.79 Å². The Morgan fingerprint density at radius 3 is 2.08 bits per heavy atom. The summed E-state index contributed by atoms with van der Waals surface area (Å²) in [5, 5.41) is 8.42. The molecule has 0 spiro atoms. The molecule has 3 heterocycles. The number of ether oxygens (including phenoxy) is 1. The number of hydrogen-bond acceptors (Lipinski definition) is 6. The van der Waals surface area contributed by atoms with E-state index in [9.17, 15) is 4.79 Å². The molecule has 3 fully saturated rings. The molecule has 2 saturated heterocycles. The van der Waals surface area contributed by atoms with Crippen LogP contribution in [0.15, 0.2) is 113 Å². The molecule has 244 valence electrons. The van der Waals surface area contributed by atoms with E-state index in [1.807, 2.05) is 97.2 Å². The first-order valence-electron chi connectivity index (χ1n) is 16.9. The number of hydrogen-bond donors (Lipinski definition) is 1. The number of anilines is 1. The Hall–Kier alpha value is -4.95. The maximum atomic E-state index is 16.2. The van der Waals surface area contributed by atoms with E-state index in [0.29, 0.717) is 41.0 Å². The third-order valence-electron chi connectivity index (χ3n) is 10.2. The van der Waals surface area contributed by atoms with Crippen molar-refractivity contribution in [1.29, 1.82) is 0 Å². The summed E-state index contributed by atoms with van der Waals surface area (Å²) in [5.74, 6) is 0.445. The number of aromatic nitrogens is 1. The number of piperidine rings is 1. The van der Waals surface area contributed by atoms with Crippen LogP contribution in [0.2, 0.25) is 0 Å². The van der Waals surface area contributed by atoms with Crippen molar-refractivity contribution in [3.05, 3.63) is 142 Å². The Morgan fingerprint density at radius 1 is 0.896 bits per heavy atom. The van der Waals surface area contributed by atoms with Gasteiger partial charge in [0.05, 0.1) is 29.8 Å². The monoisotopic (exact) mass is 642 g/mol. The molecule has 3 aliphatic rings. The molecule has 7 nitrogen and oxygen atoms in total. The highest BCUT2D eigenvalue weighted by Gasteiger charge is 2.40. The fourth-order valence-corrected chi connectivity index (χ4v) is 7.75. The van der Waals surface area contributed by atoms with Gasteiger partial charge in [-0.25, -0.2) is 4.39 Å². The maximum Gasteiger partial charge on any atom is 0.212 e. The van der Waals surface area contributed by atoms with Gasteiger partial charge >= 0.3 is 0 Å². The first kappa shape index (κ1) is 30.4. The van der Waals surface area contributed by atoms with Crippen LogP contribution in [0.4, 0.5) is 10.1 Å². The molecular weight excluding hydrogens is 603 g/mol. The lowest BCUT2D eigenvalue weighted by Gasteiger charge is -2.33. The molecule has 2 aliphatic heterocycles. The number of methoxy groups -OCH3 is 1. The first-order valence-corrected chi connectivity index (χ1v) is 16.9. The predicted octanol–water partition coefficient (Wildman–Crippen LogP) is 7.01. The number of fused-ring (bicyclic) bond motifs is 2. The second-order valence-electron chi connectivity index (χ2n) is 13.2. The molecule has 1 N–H and O–H groups in total. The number of benzene rings is 4. The molecule has 8 heteroatoms. The first-order chi connectivity index (χ1) is 23.6. The zero-order valence-electron chi connectivity index (χ0n) is 27.0. The van der Waals surface area contributed by atoms with Crippen LogP contribution in [-0.4, -0.2) is 43.6 Å². The van der Waals surface area contributed by atoms with E-state index in [1.54, 1.807) is 7.11 Å². The summed E-state index contributed by atoms with van der Waals surface area (Å²) >= 11 is 0. The van der Waals surface area contributed by atoms with Gasteiger partial charge in [-0.15, -0.1) is 0 Å². The summed E-state index contributed by atoms with van der Waals surface area (Å²) in [6.45, 7) is 2.47. The van der Waals surface area contributed by atoms with Gasteiger partial charge in [0.2, 0.25) is 5.60 Å². The van der Waals surface area contributed by atoms with Crippen LogP contribution in [0.1, 0.15) is 54.0 Å². The molecule has 48 heavy (non-hydrogen) atoms. The lowest BCUT2D eigenvalue weighted by atomic mass is 9.80. The zero-order valence-corrected chi connectivity index (χ0v) is 27.0. The quantitative estimate of drug-likeness (QED) is 0.106. The van der Waals surface area contributed by atoms with Gasteiger partial charge in [-0.05, 0) is 44.2 Å². The molecule has 1 aromatic heterocycles. The van der Waals surface area contributed by atoms with Crippen LogP contribution < -0.4 is 20.4 Å². The number of nitrogens with zero attached hydrogens (tertiary/aromatic N) is 3. The Kier molecular flexibility index (Phi) is 7.96. The van der Waals surface area contributed by atoms with Crippen LogP contribution in [0, 0.1) is 11.7 Å². The lowest BCUT2D eigenvalue weighted by molar-refractivity contribution is 0.0183. The highest BCUT2D eigenvalue weighted by Crippen LogP contribution is 2.45. The van der Waals surface area contributed by atoms with E-state index in [1.165, 1.54) is 12.3 Å². The SMILES string of the molecule is COc1c(N2CC3CCCNC3C2)c(F)cc2c(=O)c(C=NOC(c3ccccc3)(c3ccccc3)c3ccccc3)cn(C3CC3)c12.